The Morgan fingerprint density at radius 1 is 1.29 bits per heavy atom. The summed E-state index contributed by atoms with van der Waals surface area (Å²) in [5, 5.41) is 11.9. The van der Waals surface area contributed by atoms with Crippen molar-refractivity contribution in [3.63, 3.8) is 0 Å². The van der Waals surface area contributed by atoms with Gasteiger partial charge in [0.1, 0.15) is 11.6 Å². The van der Waals surface area contributed by atoms with Crippen LogP contribution in [-0.4, -0.2) is 31.5 Å². The van der Waals surface area contributed by atoms with Gasteiger partial charge in [-0.1, -0.05) is 0 Å². The van der Waals surface area contributed by atoms with E-state index in [1.165, 1.54) is 12.1 Å². The van der Waals surface area contributed by atoms with E-state index in [-0.39, 0.29) is 12.6 Å². The summed E-state index contributed by atoms with van der Waals surface area (Å²) in [7, 11) is 1.56. The van der Waals surface area contributed by atoms with Crippen LogP contribution in [-0.2, 0) is 11.3 Å². The lowest BCUT2D eigenvalue weighted by atomic mass is 10.1. The maximum atomic E-state index is 12.9. The van der Waals surface area contributed by atoms with Crippen LogP contribution in [0.4, 0.5) is 8.78 Å². The van der Waals surface area contributed by atoms with Gasteiger partial charge in [0.15, 0.2) is 0 Å². The molecule has 1 aromatic carbocycles. The summed E-state index contributed by atoms with van der Waals surface area (Å²) in [6, 6.07) is 3.36. The zero-order chi connectivity index (χ0) is 12.7. The molecule has 17 heavy (non-hydrogen) atoms. The Morgan fingerprint density at radius 3 is 2.47 bits per heavy atom. The molecule has 96 valence electrons. The summed E-state index contributed by atoms with van der Waals surface area (Å²) in [5.41, 5.74) is 0.529. The Morgan fingerprint density at radius 2 is 1.94 bits per heavy atom. The molecule has 2 N–H and O–H groups in total. The lowest BCUT2D eigenvalue weighted by Gasteiger charge is -2.16. The normalized spacial score (nSPS) is 12.7. The summed E-state index contributed by atoms with van der Waals surface area (Å²) in [4.78, 5) is 0. The number of rotatable bonds is 7. The molecule has 1 aromatic rings. The fraction of sp³-hybridized carbons (Fsp3) is 0.500. The third kappa shape index (κ3) is 5.21. The number of hydrogen-bond donors (Lipinski definition) is 2. The standard InChI is InChI=1S/C12H17F2NO2/c1-17-8-12(2-3-16)15-7-9-4-10(13)6-11(14)5-9/h4-6,12,15-16H,2-3,7-8H2,1H3. The largest absolute Gasteiger partial charge is 0.396 e. The van der Waals surface area contributed by atoms with Crippen LogP contribution in [0.5, 0.6) is 0 Å². The van der Waals surface area contributed by atoms with Gasteiger partial charge in [0.05, 0.1) is 6.61 Å². The maximum absolute atomic E-state index is 12.9. The van der Waals surface area contributed by atoms with Crippen LogP contribution in [0.1, 0.15) is 12.0 Å². The second kappa shape index (κ2) is 7.32. The molecule has 0 saturated heterocycles. The summed E-state index contributed by atoms with van der Waals surface area (Å²) in [6.07, 6.45) is 0.533. The van der Waals surface area contributed by atoms with Crippen molar-refractivity contribution in [2.24, 2.45) is 0 Å². The molecule has 0 amide bonds. The van der Waals surface area contributed by atoms with E-state index in [1.54, 1.807) is 7.11 Å². The van der Waals surface area contributed by atoms with Crippen molar-refractivity contribution < 1.29 is 18.6 Å². The molecule has 1 unspecified atom stereocenters. The Balaban J connectivity index is 2.52. The van der Waals surface area contributed by atoms with Crippen LogP contribution in [0, 0.1) is 11.6 Å². The quantitative estimate of drug-likeness (QED) is 0.764. The van der Waals surface area contributed by atoms with Crippen molar-refractivity contribution >= 4 is 0 Å². The minimum Gasteiger partial charge on any atom is -0.396 e. The highest BCUT2D eigenvalue weighted by atomic mass is 19.1. The van der Waals surface area contributed by atoms with Gasteiger partial charge in [-0.05, 0) is 24.1 Å². The lowest BCUT2D eigenvalue weighted by molar-refractivity contribution is 0.148. The number of ether oxygens (including phenoxy) is 1. The Kier molecular flexibility index (Phi) is 6.04. The third-order valence-corrected chi connectivity index (χ3v) is 2.36. The molecule has 0 spiro atoms. The van der Waals surface area contributed by atoms with E-state index < -0.39 is 11.6 Å². The third-order valence-electron chi connectivity index (χ3n) is 2.36. The van der Waals surface area contributed by atoms with E-state index in [0.717, 1.165) is 6.07 Å². The van der Waals surface area contributed by atoms with Crippen LogP contribution < -0.4 is 5.32 Å². The molecule has 0 aromatic heterocycles. The van der Waals surface area contributed by atoms with E-state index in [4.69, 9.17) is 9.84 Å². The lowest BCUT2D eigenvalue weighted by Crippen LogP contribution is -2.33. The zero-order valence-electron chi connectivity index (χ0n) is 9.75. The van der Waals surface area contributed by atoms with E-state index >= 15 is 0 Å². The van der Waals surface area contributed by atoms with Crippen molar-refractivity contribution in [3.05, 3.63) is 35.4 Å². The molecule has 0 saturated carbocycles. The van der Waals surface area contributed by atoms with Gasteiger partial charge < -0.3 is 15.2 Å². The molecule has 0 radical (unpaired) electrons. The second-order valence-electron chi connectivity index (χ2n) is 3.82. The fourth-order valence-corrected chi connectivity index (χ4v) is 1.58. The van der Waals surface area contributed by atoms with E-state index in [2.05, 4.69) is 5.32 Å². The molecule has 0 bridgehead atoms. The van der Waals surface area contributed by atoms with Gasteiger partial charge in [-0.3, -0.25) is 0 Å². The SMILES string of the molecule is COCC(CCO)NCc1cc(F)cc(F)c1. The van der Waals surface area contributed by atoms with Gasteiger partial charge in [-0.2, -0.15) is 0 Å². The minimum absolute atomic E-state index is 0.0312. The summed E-state index contributed by atoms with van der Waals surface area (Å²) in [5.74, 6) is -1.18. The molecule has 0 aliphatic heterocycles. The summed E-state index contributed by atoms with van der Waals surface area (Å²) in [6.45, 7) is 0.819. The molecule has 0 aliphatic carbocycles. The van der Waals surface area contributed by atoms with Gasteiger partial charge in [-0.25, -0.2) is 8.78 Å². The number of aliphatic hydroxyl groups is 1. The van der Waals surface area contributed by atoms with Crippen LogP contribution in [0.3, 0.4) is 0 Å². The number of hydrogen-bond acceptors (Lipinski definition) is 3. The zero-order valence-corrected chi connectivity index (χ0v) is 9.75. The second-order valence-corrected chi connectivity index (χ2v) is 3.82. The molecule has 0 aliphatic rings. The van der Waals surface area contributed by atoms with Crippen molar-refractivity contribution in [3.8, 4) is 0 Å². The Bertz CT molecular complexity index is 321. The Hall–Kier alpha value is -1.04. The van der Waals surface area contributed by atoms with Crippen molar-refractivity contribution in [1.82, 2.24) is 5.32 Å². The average Bonchev–Trinajstić information content (AvgIpc) is 2.25. The highest BCUT2D eigenvalue weighted by Gasteiger charge is 2.08. The van der Waals surface area contributed by atoms with Crippen LogP contribution in [0.15, 0.2) is 18.2 Å². The smallest absolute Gasteiger partial charge is 0.126 e. The van der Waals surface area contributed by atoms with Gasteiger partial charge in [0, 0.05) is 32.4 Å². The van der Waals surface area contributed by atoms with Crippen LogP contribution >= 0.6 is 0 Å². The van der Waals surface area contributed by atoms with E-state index in [0.29, 0.717) is 25.1 Å². The highest BCUT2D eigenvalue weighted by Crippen LogP contribution is 2.08. The molecule has 0 heterocycles. The molecule has 3 nitrogen and oxygen atoms in total. The molecule has 5 heteroatoms. The molecule has 0 fully saturated rings. The summed E-state index contributed by atoms with van der Waals surface area (Å²) < 4.78 is 30.8. The van der Waals surface area contributed by atoms with Gasteiger partial charge in [0.2, 0.25) is 0 Å². The van der Waals surface area contributed by atoms with Crippen molar-refractivity contribution in [1.29, 1.82) is 0 Å². The average molecular weight is 245 g/mol. The van der Waals surface area contributed by atoms with E-state index in [9.17, 15) is 8.78 Å². The molecular weight excluding hydrogens is 228 g/mol. The molecule has 1 atom stereocenters. The minimum atomic E-state index is -0.591. The number of benzene rings is 1. The van der Waals surface area contributed by atoms with Crippen molar-refractivity contribution in [2.45, 2.75) is 19.0 Å². The predicted octanol–water partition coefficient (Wildman–Crippen LogP) is 1.45. The van der Waals surface area contributed by atoms with Gasteiger partial charge in [-0.15, -0.1) is 0 Å². The summed E-state index contributed by atoms with van der Waals surface area (Å²) >= 11 is 0. The molecule has 1 rings (SSSR count). The number of halogens is 2. The van der Waals surface area contributed by atoms with E-state index in [1.807, 2.05) is 0 Å². The van der Waals surface area contributed by atoms with Crippen molar-refractivity contribution in [2.75, 3.05) is 20.3 Å². The number of methoxy groups -OCH3 is 1. The van der Waals surface area contributed by atoms with Gasteiger partial charge in [0.25, 0.3) is 0 Å². The number of aliphatic hydroxyl groups excluding tert-OH is 1. The first-order valence-corrected chi connectivity index (χ1v) is 5.44. The fourth-order valence-electron chi connectivity index (χ4n) is 1.58. The monoisotopic (exact) mass is 245 g/mol. The number of nitrogens with one attached hydrogen (secondary N) is 1. The predicted molar refractivity (Wildman–Crippen MR) is 60.6 cm³/mol. The Labute approximate surface area is 99.4 Å². The van der Waals surface area contributed by atoms with Gasteiger partial charge >= 0.3 is 0 Å². The molecular formula is C12H17F2NO2. The van der Waals surface area contributed by atoms with Crippen LogP contribution in [0.2, 0.25) is 0 Å². The van der Waals surface area contributed by atoms with Crippen LogP contribution in [0.25, 0.3) is 0 Å². The first kappa shape index (κ1) is 14.0. The first-order chi connectivity index (χ1) is 8.15. The maximum Gasteiger partial charge on any atom is 0.126 e. The first-order valence-electron chi connectivity index (χ1n) is 5.44. The topological polar surface area (TPSA) is 41.5 Å². The highest BCUT2D eigenvalue weighted by molar-refractivity contribution is 5.17.